The Kier molecular flexibility index (Phi) is 4.64. The van der Waals surface area contributed by atoms with Crippen LogP contribution in [0, 0.1) is 0 Å². The second kappa shape index (κ2) is 6.70. The number of benzene rings is 1. The van der Waals surface area contributed by atoms with Gasteiger partial charge in [-0.15, -0.1) is 11.3 Å². The van der Waals surface area contributed by atoms with Crippen LogP contribution >= 0.6 is 11.3 Å². The van der Waals surface area contributed by atoms with Crippen molar-refractivity contribution in [3.05, 3.63) is 45.4 Å². The predicted molar refractivity (Wildman–Crippen MR) is 94.4 cm³/mol. The van der Waals surface area contributed by atoms with Crippen LogP contribution in [0.5, 0.6) is 0 Å². The third kappa shape index (κ3) is 3.63. The van der Waals surface area contributed by atoms with Crippen LogP contribution in [0.1, 0.15) is 50.0 Å². The van der Waals surface area contributed by atoms with E-state index in [1.54, 1.807) is 17.6 Å². The van der Waals surface area contributed by atoms with Gasteiger partial charge in [-0.1, -0.05) is 6.07 Å². The van der Waals surface area contributed by atoms with E-state index in [2.05, 4.69) is 10.3 Å². The number of primary amides is 1. The van der Waals surface area contributed by atoms with Crippen molar-refractivity contribution in [2.24, 2.45) is 5.73 Å². The average molecular weight is 344 g/mol. The van der Waals surface area contributed by atoms with Crippen LogP contribution in [0.4, 0.5) is 5.69 Å². The van der Waals surface area contributed by atoms with E-state index < -0.39 is 5.91 Å². The van der Waals surface area contributed by atoms with Crippen LogP contribution in [-0.2, 0) is 6.54 Å². The Morgan fingerprint density at radius 2 is 2.12 bits per heavy atom. The largest absolute Gasteiger partial charge is 0.366 e. The van der Waals surface area contributed by atoms with Crippen molar-refractivity contribution < 1.29 is 9.59 Å². The van der Waals surface area contributed by atoms with Gasteiger partial charge in [-0.25, -0.2) is 4.98 Å². The lowest BCUT2D eigenvalue weighted by Gasteiger charge is -2.16. The molecule has 1 saturated carbocycles. The third-order valence-electron chi connectivity index (χ3n) is 3.89. The Morgan fingerprint density at radius 1 is 1.38 bits per heavy atom. The second-order valence-electron chi connectivity index (χ2n) is 6.27. The molecule has 0 unspecified atom stereocenters. The Bertz CT molecular complexity index is 781. The fraction of sp³-hybridized carbons (Fsp3) is 0.353. The van der Waals surface area contributed by atoms with Crippen LogP contribution in [0.25, 0.3) is 0 Å². The van der Waals surface area contributed by atoms with Crippen LogP contribution < -0.4 is 11.1 Å². The van der Waals surface area contributed by atoms with Crippen molar-refractivity contribution in [2.75, 3.05) is 19.4 Å². The summed E-state index contributed by atoms with van der Waals surface area (Å²) in [5.41, 5.74) is 9.87. The second-order valence-corrected chi connectivity index (χ2v) is 7.12. The minimum absolute atomic E-state index is 0.180. The standard InChI is InChI=1S/C17H20N4O2S/c1-21(2)8-12-6-5-11(16(18)22)7-13(12)20-17(23)15-14(10-3-4-10)19-9-24-15/h5-7,9-10H,3-4,8H2,1-2H3,(H2,18,22)(H,20,23). The first-order valence-electron chi connectivity index (χ1n) is 7.78. The molecule has 1 aromatic heterocycles. The van der Waals surface area contributed by atoms with Gasteiger partial charge in [-0.2, -0.15) is 0 Å². The van der Waals surface area contributed by atoms with Gasteiger partial charge < -0.3 is 16.0 Å². The average Bonchev–Trinajstić information content (AvgIpc) is 3.25. The van der Waals surface area contributed by atoms with E-state index in [0.29, 0.717) is 28.6 Å². The zero-order valence-corrected chi connectivity index (χ0v) is 14.5. The van der Waals surface area contributed by atoms with E-state index in [1.165, 1.54) is 11.3 Å². The number of thiazole rings is 1. The number of hydrogen-bond donors (Lipinski definition) is 2. The minimum atomic E-state index is -0.515. The van der Waals surface area contributed by atoms with Crippen LogP contribution in [0.3, 0.4) is 0 Å². The molecule has 24 heavy (non-hydrogen) atoms. The molecular formula is C17H20N4O2S. The van der Waals surface area contributed by atoms with Crippen LogP contribution in [0.15, 0.2) is 23.7 Å². The number of anilines is 1. The fourth-order valence-corrected chi connectivity index (χ4v) is 3.35. The predicted octanol–water partition coefficient (Wildman–Crippen LogP) is 2.43. The van der Waals surface area contributed by atoms with Crippen LogP contribution in [-0.4, -0.2) is 35.8 Å². The highest BCUT2D eigenvalue weighted by Gasteiger charge is 2.30. The molecule has 0 spiro atoms. The summed E-state index contributed by atoms with van der Waals surface area (Å²) in [6, 6.07) is 5.14. The molecule has 0 radical (unpaired) electrons. The highest BCUT2D eigenvalue weighted by Crippen LogP contribution is 2.42. The Hall–Kier alpha value is -2.25. The first-order valence-corrected chi connectivity index (χ1v) is 8.66. The molecule has 1 aliphatic carbocycles. The minimum Gasteiger partial charge on any atom is -0.366 e. The molecule has 0 aliphatic heterocycles. The van der Waals surface area contributed by atoms with Crippen molar-refractivity contribution in [3.63, 3.8) is 0 Å². The molecule has 2 amide bonds. The van der Waals surface area contributed by atoms with E-state index in [9.17, 15) is 9.59 Å². The number of carbonyl (C=O) groups is 2. The molecule has 1 aromatic carbocycles. The van der Waals surface area contributed by atoms with Crippen molar-refractivity contribution in [3.8, 4) is 0 Å². The fourth-order valence-electron chi connectivity index (χ4n) is 2.58. The van der Waals surface area contributed by atoms with Gasteiger partial charge in [0.05, 0.1) is 11.2 Å². The highest BCUT2D eigenvalue weighted by molar-refractivity contribution is 7.12. The van der Waals surface area contributed by atoms with Crippen molar-refractivity contribution in [1.29, 1.82) is 0 Å². The number of amides is 2. The Morgan fingerprint density at radius 3 is 2.75 bits per heavy atom. The normalized spacial score (nSPS) is 14.0. The Labute approximate surface area is 144 Å². The molecule has 1 aliphatic rings. The van der Waals surface area contributed by atoms with Crippen molar-refractivity contribution >= 4 is 28.8 Å². The molecule has 3 N–H and O–H groups in total. The Balaban J connectivity index is 1.88. The van der Waals surface area contributed by atoms with E-state index in [-0.39, 0.29) is 5.91 Å². The number of rotatable bonds is 6. The van der Waals surface area contributed by atoms with Gasteiger partial charge in [-0.3, -0.25) is 9.59 Å². The van der Waals surface area contributed by atoms with Gasteiger partial charge in [0, 0.05) is 23.7 Å². The third-order valence-corrected chi connectivity index (χ3v) is 4.74. The SMILES string of the molecule is CN(C)Cc1ccc(C(N)=O)cc1NC(=O)c1scnc1C1CC1. The number of carbonyl (C=O) groups excluding carboxylic acids is 2. The maximum Gasteiger partial charge on any atom is 0.267 e. The summed E-state index contributed by atoms with van der Waals surface area (Å²) < 4.78 is 0. The van der Waals surface area contributed by atoms with Gasteiger partial charge in [0.15, 0.2) is 0 Å². The topological polar surface area (TPSA) is 88.3 Å². The maximum atomic E-state index is 12.7. The van der Waals surface area contributed by atoms with E-state index in [4.69, 9.17) is 5.73 Å². The lowest BCUT2D eigenvalue weighted by Crippen LogP contribution is -2.18. The number of nitrogens with two attached hydrogens (primary N) is 1. The molecule has 7 heteroatoms. The summed E-state index contributed by atoms with van der Waals surface area (Å²) in [7, 11) is 3.89. The van der Waals surface area contributed by atoms with Crippen molar-refractivity contribution in [1.82, 2.24) is 9.88 Å². The van der Waals surface area contributed by atoms with Gasteiger partial charge in [0.2, 0.25) is 5.91 Å². The van der Waals surface area contributed by atoms with Crippen molar-refractivity contribution in [2.45, 2.75) is 25.3 Å². The summed E-state index contributed by atoms with van der Waals surface area (Å²) in [5.74, 6) is -0.283. The lowest BCUT2D eigenvalue weighted by atomic mass is 10.1. The summed E-state index contributed by atoms with van der Waals surface area (Å²) in [4.78, 5) is 31.1. The zero-order valence-electron chi connectivity index (χ0n) is 13.7. The molecule has 1 heterocycles. The molecule has 126 valence electrons. The molecule has 2 aromatic rings. The van der Waals surface area contributed by atoms with E-state index in [1.807, 2.05) is 25.1 Å². The smallest absolute Gasteiger partial charge is 0.267 e. The van der Waals surface area contributed by atoms with Gasteiger partial charge in [0.1, 0.15) is 4.88 Å². The molecule has 0 bridgehead atoms. The van der Waals surface area contributed by atoms with Crippen LogP contribution in [0.2, 0.25) is 0 Å². The summed E-state index contributed by atoms with van der Waals surface area (Å²) in [5, 5.41) is 2.93. The molecule has 6 nitrogen and oxygen atoms in total. The molecule has 1 fully saturated rings. The first-order chi connectivity index (χ1) is 11.5. The lowest BCUT2D eigenvalue weighted by molar-refractivity contribution is 0.0996. The summed E-state index contributed by atoms with van der Waals surface area (Å²) in [6.07, 6.45) is 2.18. The van der Waals surface area contributed by atoms with Gasteiger partial charge in [0.25, 0.3) is 5.91 Å². The number of nitrogens with one attached hydrogen (secondary N) is 1. The maximum absolute atomic E-state index is 12.7. The van der Waals surface area contributed by atoms with Gasteiger partial charge in [-0.05, 0) is 44.6 Å². The molecule has 3 rings (SSSR count). The number of nitrogens with zero attached hydrogens (tertiary/aromatic N) is 2. The quantitative estimate of drug-likeness (QED) is 0.842. The van der Waals surface area contributed by atoms with E-state index >= 15 is 0 Å². The van der Waals surface area contributed by atoms with E-state index in [0.717, 1.165) is 24.1 Å². The van der Waals surface area contributed by atoms with Gasteiger partial charge >= 0.3 is 0 Å². The molecular weight excluding hydrogens is 324 g/mol. The number of hydrogen-bond acceptors (Lipinski definition) is 5. The molecule has 0 saturated heterocycles. The summed E-state index contributed by atoms with van der Waals surface area (Å²) >= 11 is 1.35. The first kappa shape index (κ1) is 16.6. The highest BCUT2D eigenvalue weighted by atomic mass is 32.1. The zero-order chi connectivity index (χ0) is 17.3. The molecule has 0 atom stereocenters. The summed E-state index contributed by atoms with van der Waals surface area (Å²) in [6.45, 7) is 0.646. The number of aromatic nitrogens is 1. The monoisotopic (exact) mass is 344 g/mol.